The van der Waals surface area contributed by atoms with Crippen molar-refractivity contribution in [2.75, 3.05) is 6.61 Å². The second-order valence-electron chi connectivity index (χ2n) is 7.25. The molecule has 0 bridgehead atoms. The number of aliphatic hydroxyl groups is 1. The summed E-state index contributed by atoms with van der Waals surface area (Å²) in [5.41, 5.74) is 0.249. The average Bonchev–Trinajstić information content (AvgIpc) is 2.73. The smallest absolute Gasteiger partial charge is 0.251 e. The molecule has 0 amide bonds. The van der Waals surface area contributed by atoms with Crippen LogP contribution in [0.2, 0.25) is 0 Å². The van der Waals surface area contributed by atoms with Gasteiger partial charge in [-0.1, -0.05) is 0 Å². The largest absolute Gasteiger partial charge is 0.488 e. The summed E-state index contributed by atoms with van der Waals surface area (Å²) in [4.78, 5) is 18.7. The molecule has 0 spiro atoms. The van der Waals surface area contributed by atoms with Crippen molar-refractivity contribution in [1.29, 1.82) is 0 Å². The Morgan fingerprint density at radius 2 is 1.68 bits per heavy atom. The zero-order valence-corrected chi connectivity index (χ0v) is 18.2. The summed E-state index contributed by atoms with van der Waals surface area (Å²) in [6.07, 6.45) is 0.943. The Balaban J connectivity index is 1.95. The van der Waals surface area contributed by atoms with Gasteiger partial charge in [0.2, 0.25) is 0 Å². The molecule has 2 N–H and O–H groups in total. The first-order valence-electron chi connectivity index (χ1n) is 9.69. The minimum atomic E-state index is -3.38. The van der Waals surface area contributed by atoms with Crippen molar-refractivity contribution >= 4 is 9.84 Å². The van der Waals surface area contributed by atoms with Crippen LogP contribution in [0.15, 0.2) is 64.4 Å². The molecule has 2 aromatic carbocycles. The van der Waals surface area contributed by atoms with Gasteiger partial charge in [0, 0.05) is 23.9 Å². The fourth-order valence-corrected chi connectivity index (χ4v) is 3.79. The maximum Gasteiger partial charge on any atom is 0.251 e. The number of aromatic amines is 1. The number of hydrogen-bond donors (Lipinski definition) is 2. The van der Waals surface area contributed by atoms with Gasteiger partial charge in [-0.25, -0.2) is 13.4 Å². The summed E-state index contributed by atoms with van der Waals surface area (Å²) in [5, 5.41) is 8.77. The molecule has 164 valence electrons. The first kappa shape index (κ1) is 22.5. The molecule has 0 saturated heterocycles. The summed E-state index contributed by atoms with van der Waals surface area (Å²) in [6, 6.07) is 12.4. The number of nitrogens with one attached hydrogen (secondary N) is 1. The molecular formula is C22H24N2O6S. The minimum absolute atomic E-state index is 0.174. The van der Waals surface area contributed by atoms with Crippen LogP contribution in [0.4, 0.5) is 0 Å². The highest BCUT2D eigenvalue weighted by atomic mass is 32.2. The Bertz CT molecular complexity index is 1200. The number of ether oxygens (including phenoxy) is 2. The monoisotopic (exact) mass is 444 g/mol. The first-order valence-corrected chi connectivity index (χ1v) is 11.2. The van der Waals surface area contributed by atoms with Crippen LogP contribution in [0.25, 0.3) is 11.4 Å². The van der Waals surface area contributed by atoms with Gasteiger partial charge in [0.1, 0.15) is 29.2 Å². The summed E-state index contributed by atoms with van der Waals surface area (Å²) in [5.74, 6) is 1.57. The third-order valence-electron chi connectivity index (χ3n) is 4.43. The lowest BCUT2D eigenvalue weighted by atomic mass is 10.2. The zero-order chi connectivity index (χ0) is 22.6. The van der Waals surface area contributed by atoms with Gasteiger partial charge in [-0.2, -0.15) is 0 Å². The lowest BCUT2D eigenvalue weighted by Crippen LogP contribution is -2.16. The number of benzene rings is 2. The van der Waals surface area contributed by atoms with E-state index in [1.807, 2.05) is 0 Å². The van der Waals surface area contributed by atoms with Gasteiger partial charge in [0.25, 0.3) is 5.56 Å². The second-order valence-corrected chi connectivity index (χ2v) is 9.76. The van der Waals surface area contributed by atoms with Crippen LogP contribution in [0.1, 0.15) is 20.8 Å². The van der Waals surface area contributed by atoms with Crippen LogP contribution in [-0.4, -0.2) is 41.5 Å². The van der Waals surface area contributed by atoms with E-state index in [-0.39, 0.29) is 17.1 Å². The van der Waals surface area contributed by atoms with Crippen molar-refractivity contribution in [2.45, 2.75) is 37.0 Å². The molecule has 1 aromatic heterocycles. The molecule has 0 radical (unpaired) electrons. The molecule has 9 heteroatoms. The fourth-order valence-electron chi connectivity index (χ4n) is 2.73. The minimum Gasteiger partial charge on any atom is -0.488 e. The van der Waals surface area contributed by atoms with Gasteiger partial charge >= 0.3 is 0 Å². The van der Waals surface area contributed by atoms with Crippen molar-refractivity contribution in [3.8, 4) is 28.6 Å². The van der Waals surface area contributed by atoms with Crippen LogP contribution in [-0.2, 0) is 9.84 Å². The summed E-state index contributed by atoms with van der Waals surface area (Å²) in [6.45, 7) is 4.79. The molecule has 0 aliphatic heterocycles. The van der Waals surface area contributed by atoms with Gasteiger partial charge in [0.15, 0.2) is 9.84 Å². The molecule has 0 fully saturated rings. The van der Waals surface area contributed by atoms with Crippen LogP contribution in [0.5, 0.6) is 17.2 Å². The van der Waals surface area contributed by atoms with Crippen LogP contribution < -0.4 is 15.0 Å². The summed E-state index contributed by atoms with van der Waals surface area (Å²) < 4.78 is 36.2. The normalized spacial score (nSPS) is 12.5. The maximum atomic E-state index is 12.3. The highest BCUT2D eigenvalue weighted by Crippen LogP contribution is 2.32. The Morgan fingerprint density at radius 3 is 2.29 bits per heavy atom. The predicted molar refractivity (Wildman–Crippen MR) is 116 cm³/mol. The van der Waals surface area contributed by atoms with Crippen molar-refractivity contribution in [1.82, 2.24) is 9.97 Å². The van der Waals surface area contributed by atoms with E-state index < -0.39 is 21.2 Å². The predicted octanol–water partition coefficient (Wildman–Crippen LogP) is 3.17. The third kappa shape index (κ3) is 5.50. The van der Waals surface area contributed by atoms with E-state index >= 15 is 0 Å². The van der Waals surface area contributed by atoms with Gasteiger partial charge in [-0.3, -0.25) is 4.79 Å². The summed E-state index contributed by atoms with van der Waals surface area (Å²) >= 11 is 0. The van der Waals surface area contributed by atoms with Crippen molar-refractivity contribution in [3.63, 3.8) is 0 Å². The molecular weight excluding hydrogens is 420 g/mol. The van der Waals surface area contributed by atoms with E-state index in [9.17, 15) is 18.3 Å². The van der Waals surface area contributed by atoms with Gasteiger partial charge < -0.3 is 19.6 Å². The number of aliphatic hydroxyl groups excluding tert-OH is 1. The van der Waals surface area contributed by atoms with Crippen molar-refractivity contribution in [3.05, 3.63) is 65.1 Å². The molecule has 8 nitrogen and oxygen atoms in total. The Morgan fingerprint density at radius 1 is 1.00 bits per heavy atom. The molecule has 31 heavy (non-hydrogen) atoms. The van der Waals surface area contributed by atoms with E-state index in [0.29, 0.717) is 28.6 Å². The summed E-state index contributed by atoms with van der Waals surface area (Å²) in [7, 11) is -3.38. The van der Waals surface area contributed by atoms with Crippen LogP contribution in [0, 0.1) is 0 Å². The fraction of sp³-hybridized carbons (Fsp3) is 0.273. The SMILES string of the molecule is CC(CO)Oc1cc(Oc2ccc(S(=O)(=O)C(C)C)cc2)cc(-c2nccc(=O)[nH]2)c1. The molecule has 1 unspecified atom stereocenters. The Kier molecular flexibility index (Phi) is 6.77. The van der Waals surface area contributed by atoms with E-state index in [2.05, 4.69) is 9.97 Å². The number of rotatable bonds is 8. The lowest BCUT2D eigenvalue weighted by Gasteiger charge is -2.15. The maximum absolute atomic E-state index is 12.3. The average molecular weight is 445 g/mol. The highest BCUT2D eigenvalue weighted by Gasteiger charge is 2.19. The van der Waals surface area contributed by atoms with E-state index in [1.165, 1.54) is 24.4 Å². The molecule has 0 aliphatic carbocycles. The topological polar surface area (TPSA) is 119 Å². The number of sulfone groups is 1. The molecule has 0 saturated carbocycles. The zero-order valence-electron chi connectivity index (χ0n) is 17.4. The lowest BCUT2D eigenvalue weighted by molar-refractivity contribution is 0.129. The van der Waals surface area contributed by atoms with Gasteiger partial charge in [0.05, 0.1) is 16.8 Å². The van der Waals surface area contributed by atoms with Crippen molar-refractivity contribution in [2.24, 2.45) is 0 Å². The molecule has 1 atom stereocenters. The first-order chi connectivity index (χ1) is 14.7. The second kappa shape index (κ2) is 9.32. The van der Waals surface area contributed by atoms with E-state index in [1.54, 1.807) is 51.1 Å². The van der Waals surface area contributed by atoms with Crippen LogP contribution in [0.3, 0.4) is 0 Å². The molecule has 1 heterocycles. The number of nitrogens with zero attached hydrogens (tertiary/aromatic N) is 1. The quantitative estimate of drug-likeness (QED) is 0.548. The Labute approximate surface area is 180 Å². The number of hydrogen-bond acceptors (Lipinski definition) is 7. The highest BCUT2D eigenvalue weighted by molar-refractivity contribution is 7.92. The molecule has 3 aromatic rings. The molecule has 0 aliphatic rings. The van der Waals surface area contributed by atoms with Crippen molar-refractivity contribution < 1.29 is 23.0 Å². The van der Waals surface area contributed by atoms with E-state index in [0.717, 1.165) is 0 Å². The third-order valence-corrected chi connectivity index (χ3v) is 6.60. The molecule has 3 rings (SSSR count). The number of H-pyrrole nitrogens is 1. The van der Waals surface area contributed by atoms with Gasteiger partial charge in [-0.05, 0) is 57.2 Å². The van der Waals surface area contributed by atoms with E-state index in [4.69, 9.17) is 9.47 Å². The number of aromatic nitrogens is 2. The van der Waals surface area contributed by atoms with Crippen LogP contribution >= 0.6 is 0 Å². The Hall–Kier alpha value is -3.17. The van der Waals surface area contributed by atoms with Gasteiger partial charge in [-0.15, -0.1) is 0 Å². The standard InChI is InChI=1S/C22H24N2O6S/c1-14(2)31(27,28)20-6-4-17(5-7-20)30-19-11-16(22-23-9-8-21(26)24-22)10-18(12-19)29-15(3)13-25/h4-12,14-15,25H,13H2,1-3H3,(H,23,24,26).